The van der Waals surface area contributed by atoms with Crippen molar-refractivity contribution < 1.29 is 0 Å². The molecule has 0 saturated heterocycles. The van der Waals surface area contributed by atoms with E-state index in [0.29, 0.717) is 0 Å². The number of hydrogen-bond acceptors (Lipinski definition) is 1. The van der Waals surface area contributed by atoms with Gasteiger partial charge in [0.2, 0.25) is 0 Å². The van der Waals surface area contributed by atoms with Crippen LogP contribution in [0.25, 0.3) is 10.2 Å². The minimum Gasteiger partial charge on any atom is -0.360 e. The molecule has 46 valence electrons. The molecule has 0 aromatic carbocycles. The summed E-state index contributed by atoms with van der Waals surface area (Å²) < 4.78 is 1.38. The molecule has 0 aliphatic rings. The van der Waals surface area contributed by atoms with E-state index in [1.807, 2.05) is 6.20 Å². The smallest absolute Gasteiger partial charge is 0.0566 e. The van der Waals surface area contributed by atoms with E-state index in [4.69, 9.17) is 0 Å². The first kappa shape index (κ1) is 5.06. The Morgan fingerprint density at radius 1 is 1.56 bits per heavy atom. The fourth-order valence-electron chi connectivity index (χ4n) is 0.980. The summed E-state index contributed by atoms with van der Waals surface area (Å²) in [6, 6.07) is 2.10. The number of rotatable bonds is 0. The molecule has 0 saturated carbocycles. The van der Waals surface area contributed by atoms with Crippen molar-refractivity contribution in [3.8, 4) is 0 Å². The lowest BCUT2D eigenvalue weighted by Crippen LogP contribution is -1.53. The second-order valence-corrected chi connectivity index (χ2v) is 3.05. The highest BCUT2D eigenvalue weighted by Gasteiger charge is 1.97. The molecule has 2 aromatic rings. The molecule has 2 heteroatoms. The van der Waals surface area contributed by atoms with Crippen LogP contribution in [0.5, 0.6) is 0 Å². The first-order valence-electron chi connectivity index (χ1n) is 2.89. The van der Waals surface area contributed by atoms with Crippen LogP contribution in [0.1, 0.15) is 5.56 Å². The van der Waals surface area contributed by atoms with Gasteiger partial charge in [-0.3, -0.25) is 0 Å². The lowest BCUT2D eigenvalue weighted by atomic mass is 10.4. The summed E-state index contributed by atoms with van der Waals surface area (Å²) in [4.78, 5) is 3.18. The van der Waals surface area contributed by atoms with Gasteiger partial charge in [-0.15, -0.1) is 11.3 Å². The maximum atomic E-state index is 3.18. The van der Waals surface area contributed by atoms with E-state index in [1.54, 1.807) is 11.3 Å². The Hall–Kier alpha value is -0.760. The Morgan fingerprint density at radius 2 is 2.44 bits per heavy atom. The molecule has 0 unspecified atom stereocenters. The summed E-state index contributed by atoms with van der Waals surface area (Å²) in [5.74, 6) is 0. The lowest BCUT2D eigenvalue weighted by Gasteiger charge is -1.75. The number of H-pyrrole nitrogens is 1. The number of fused-ring (bicyclic) bond motifs is 1. The Kier molecular flexibility index (Phi) is 0.904. The first-order chi connectivity index (χ1) is 4.38. The van der Waals surface area contributed by atoms with Gasteiger partial charge in [0.05, 0.1) is 10.2 Å². The van der Waals surface area contributed by atoms with E-state index in [0.717, 1.165) is 0 Å². The predicted octanol–water partition coefficient (Wildman–Crippen LogP) is 2.54. The van der Waals surface area contributed by atoms with E-state index in [-0.39, 0.29) is 0 Å². The summed E-state index contributed by atoms with van der Waals surface area (Å²) in [5, 5.41) is 2.11. The molecule has 0 amide bonds. The predicted molar refractivity (Wildman–Crippen MR) is 40.9 cm³/mol. The van der Waals surface area contributed by atoms with Gasteiger partial charge in [0.1, 0.15) is 0 Å². The highest BCUT2D eigenvalue weighted by molar-refractivity contribution is 7.17. The minimum atomic E-state index is 1.26. The number of thiophene rings is 1. The molecule has 9 heavy (non-hydrogen) atoms. The summed E-state index contributed by atoms with van der Waals surface area (Å²) >= 11 is 1.79. The fourth-order valence-corrected chi connectivity index (χ4v) is 1.82. The zero-order valence-electron chi connectivity index (χ0n) is 5.14. The van der Waals surface area contributed by atoms with E-state index >= 15 is 0 Å². The normalized spacial score (nSPS) is 10.8. The van der Waals surface area contributed by atoms with E-state index in [2.05, 4.69) is 23.4 Å². The third-order valence-corrected chi connectivity index (χ3v) is 2.52. The highest BCUT2D eigenvalue weighted by atomic mass is 32.1. The summed E-state index contributed by atoms with van der Waals surface area (Å²) in [5.41, 5.74) is 2.61. The molecule has 1 N–H and O–H groups in total. The average molecular weight is 137 g/mol. The lowest BCUT2D eigenvalue weighted by molar-refractivity contribution is 1.43. The van der Waals surface area contributed by atoms with E-state index in [1.165, 1.54) is 15.8 Å². The third kappa shape index (κ3) is 0.598. The molecular formula is C7H7NS. The molecule has 0 aliphatic carbocycles. The van der Waals surface area contributed by atoms with Gasteiger partial charge in [-0.05, 0) is 23.9 Å². The van der Waals surface area contributed by atoms with Crippen molar-refractivity contribution in [3.05, 3.63) is 23.2 Å². The molecule has 0 atom stereocenters. The maximum Gasteiger partial charge on any atom is 0.0566 e. The monoisotopic (exact) mass is 137 g/mol. The number of aromatic amines is 1. The number of aromatic nitrogens is 1. The van der Waals surface area contributed by atoms with Crippen LogP contribution >= 0.6 is 11.3 Å². The summed E-state index contributed by atoms with van der Waals surface area (Å²) in [6.45, 7) is 2.12. The van der Waals surface area contributed by atoms with Crippen molar-refractivity contribution in [1.82, 2.24) is 4.98 Å². The molecule has 1 nitrogen and oxygen atoms in total. The SMILES string of the molecule is Cc1c[nH]c2ccsc12. The van der Waals surface area contributed by atoms with Crippen molar-refractivity contribution in [2.45, 2.75) is 6.92 Å². The van der Waals surface area contributed by atoms with Crippen LogP contribution in [0, 0.1) is 6.92 Å². The van der Waals surface area contributed by atoms with Gasteiger partial charge in [-0.1, -0.05) is 0 Å². The Labute approximate surface area is 57.3 Å². The van der Waals surface area contributed by atoms with Gasteiger partial charge in [-0.2, -0.15) is 0 Å². The maximum absolute atomic E-state index is 3.18. The van der Waals surface area contributed by atoms with Gasteiger partial charge in [0.25, 0.3) is 0 Å². The van der Waals surface area contributed by atoms with Gasteiger partial charge in [0, 0.05) is 6.20 Å². The van der Waals surface area contributed by atoms with Crippen molar-refractivity contribution in [1.29, 1.82) is 0 Å². The molecule has 0 radical (unpaired) electrons. The van der Waals surface area contributed by atoms with Crippen LogP contribution in [-0.2, 0) is 0 Å². The fraction of sp³-hybridized carbons (Fsp3) is 0.143. The van der Waals surface area contributed by atoms with Crippen LogP contribution in [0.2, 0.25) is 0 Å². The minimum absolute atomic E-state index is 1.26. The Morgan fingerprint density at radius 3 is 3.22 bits per heavy atom. The van der Waals surface area contributed by atoms with Gasteiger partial charge >= 0.3 is 0 Å². The summed E-state index contributed by atoms with van der Waals surface area (Å²) in [7, 11) is 0. The zero-order valence-corrected chi connectivity index (χ0v) is 5.96. The molecule has 2 aromatic heterocycles. The molecule has 2 heterocycles. The average Bonchev–Trinajstić information content (AvgIpc) is 2.35. The quantitative estimate of drug-likeness (QED) is 0.574. The van der Waals surface area contributed by atoms with Crippen LogP contribution < -0.4 is 0 Å². The highest BCUT2D eigenvalue weighted by Crippen LogP contribution is 2.22. The molecule has 0 bridgehead atoms. The van der Waals surface area contributed by atoms with Gasteiger partial charge in [0.15, 0.2) is 0 Å². The van der Waals surface area contributed by atoms with Crippen molar-refractivity contribution in [3.63, 3.8) is 0 Å². The first-order valence-corrected chi connectivity index (χ1v) is 3.77. The largest absolute Gasteiger partial charge is 0.360 e. The van der Waals surface area contributed by atoms with E-state index < -0.39 is 0 Å². The number of aryl methyl sites for hydroxylation is 1. The van der Waals surface area contributed by atoms with Gasteiger partial charge in [-0.25, -0.2) is 0 Å². The Bertz CT molecular complexity index is 318. The second-order valence-electron chi connectivity index (χ2n) is 2.14. The number of nitrogens with one attached hydrogen (secondary N) is 1. The summed E-state index contributed by atoms with van der Waals surface area (Å²) in [6.07, 6.45) is 2.04. The van der Waals surface area contributed by atoms with Crippen LogP contribution in [0.3, 0.4) is 0 Å². The molecule has 0 spiro atoms. The van der Waals surface area contributed by atoms with Crippen molar-refractivity contribution in [2.24, 2.45) is 0 Å². The number of hydrogen-bond donors (Lipinski definition) is 1. The molecule has 0 fully saturated rings. The van der Waals surface area contributed by atoms with Crippen LogP contribution in [0.4, 0.5) is 0 Å². The molecular weight excluding hydrogens is 130 g/mol. The topological polar surface area (TPSA) is 15.8 Å². The second kappa shape index (κ2) is 1.61. The standard InChI is InChI=1S/C7H7NS/c1-5-4-8-6-2-3-9-7(5)6/h2-4,8H,1H3. The van der Waals surface area contributed by atoms with Crippen molar-refractivity contribution >= 4 is 21.6 Å². The molecule has 2 rings (SSSR count). The third-order valence-electron chi connectivity index (χ3n) is 1.47. The zero-order chi connectivity index (χ0) is 6.27. The van der Waals surface area contributed by atoms with Gasteiger partial charge < -0.3 is 4.98 Å². The molecule has 0 aliphatic heterocycles. The van der Waals surface area contributed by atoms with Crippen molar-refractivity contribution in [2.75, 3.05) is 0 Å². The van der Waals surface area contributed by atoms with Crippen LogP contribution in [0.15, 0.2) is 17.6 Å². The Balaban J connectivity index is 2.99. The van der Waals surface area contributed by atoms with Crippen LogP contribution in [-0.4, -0.2) is 4.98 Å². The van der Waals surface area contributed by atoms with E-state index in [9.17, 15) is 0 Å².